The SMILES string of the molecule is C=C[C@H](O)[C@@H]1Oc2c(OCOCCOC)ccc3c2[C@@]12CCN(C)[C@H](C3)C2C. The van der Waals surface area contributed by atoms with Crippen molar-refractivity contribution in [2.24, 2.45) is 5.92 Å². The van der Waals surface area contributed by atoms with E-state index in [-0.39, 0.29) is 18.3 Å². The number of nitrogens with zero attached hydrogens (tertiary/aromatic N) is 1. The normalized spacial score (nSPS) is 31.8. The first kappa shape index (κ1) is 19.7. The Morgan fingerprint density at radius 3 is 3.00 bits per heavy atom. The summed E-state index contributed by atoms with van der Waals surface area (Å²) in [6, 6.07) is 4.57. The Hall–Kier alpha value is -1.60. The number of aliphatic hydroxyl groups is 1. The van der Waals surface area contributed by atoms with Gasteiger partial charge in [0.1, 0.15) is 12.2 Å². The van der Waals surface area contributed by atoms with Crippen molar-refractivity contribution in [3.05, 3.63) is 35.9 Å². The summed E-state index contributed by atoms with van der Waals surface area (Å²) in [6.07, 6.45) is 2.46. The molecule has 1 unspecified atom stereocenters. The number of hydrogen-bond acceptors (Lipinski definition) is 6. The third-order valence-corrected chi connectivity index (χ3v) is 6.97. The van der Waals surface area contributed by atoms with Crippen LogP contribution < -0.4 is 9.47 Å². The summed E-state index contributed by atoms with van der Waals surface area (Å²) in [5, 5.41) is 10.8. The molecule has 6 nitrogen and oxygen atoms in total. The van der Waals surface area contributed by atoms with Gasteiger partial charge in [-0.25, -0.2) is 0 Å². The molecule has 2 aliphatic heterocycles. The van der Waals surface area contributed by atoms with Gasteiger partial charge in [-0.15, -0.1) is 6.58 Å². The highest BCUT2D eigenvalue weighted by molar-refractivity contribution is 5.60. The van der Waals surface area contributed by atoms with E-state index in [1.165, 1.54) is 11.1 Å². The van der Waals surface area contributed by atoms with Crippen LogP contribution in [0.2, 0.25) is 0 Å². The zero-order valence-electron chi connectivity index (χ0n) is 17.0. The average molecular weight is 389 g/mol. The van der Waals surface area contributed by atoms with Gasteiger partial charge in [-0.2, -0.15) is 0 Å². The van der Waals surface area contributed by atoms with Crippen molar-refractivity contribution in [2.45, 2.75) is 43.4 Å². The van der Waals surface area contributed by atoms with Crippen LogP contribution in [0.15, 0.2) is 24.8 Å². The molecule has 0 saturated carbocycles. The van der Waals surface area contributed by atoms with Crippen molar-refractivity contribution in [2.75, 3.05) is 40.7 Å². The van der Waals surface area contributed by atoms with Gasteiger partial charge in [0.15, 0.2) is 18.3 Å². The monoisotopic (exact) mass is 389 g/mol. The molecule has 5 atom stereocenters. The van der Waals surface area contributed by atoms with Crippen LogP contribution in [0.1, 0.15) is 24.5 Å². The predicted molar refractivity (Wildman–Crippen MR) is 106 cm³/mol. The summed E-state index contributed by atoms with van der Waals surface area (Å²) in [5.41, 5.74) is 2.31. The van der Waals surface area contributed by atoms with Crippen LogP contribution in [0.3, 0.4) is 0 Å². The fourth-order valence-electron chi connectivity index (χ4n) is 5.49. The van der Waals surface area contributed by atoms with Crippen LogP contribution in [0, 0.1) is 5.92 Å². The van der Waals surface area contributed by atoms with E-state index in [0.717, 1.165) is 25.1 Å². The van der Waals surface area contributed by atoms with Crippen LogP contribution in [0.25, 0.3) is 0 Å². The molecule has 28 heavy (non-hydrogen) atoms. The summed E-state index contributed by atoms with van der Waals surface area (Å²) in [7, 11) is 3.84. The lowest BCUT2D eigenvalue weighted by molar-refractivity contribution is -0.0455. The van der Waals surface area contributed by atoms with Gasteiger partial charge < -0.3 is 29.0 Å². The van der Waals surface area contributed by atoms with Gasteiger partial charge in [0, 0.05) is 24.1 Å². The molecule has 1 aliphatic carbocycles. The van der Waals surface area contributed by atoms with Crippen molar-refractivity contribution in [1.29, 1.82) is 0 Å². The first-order valence-corrected chi connectivity index (χ1v) is 10.1. The summed E-state index contributed by atoms with van der Waals surface area (Å²) in [6.45, 7) is 8.25. The van der Waals surface area contributed by atoms with E-state index in [4.69, 9.17) is 18.9 Å². The molecule has 3 aliphatic rings. The van der Waals surface area contributed by atoms with E-state index in [0.29, 0.717) is 30.9 Å². The lowest BCUT2D eigenvalue weighted by Gasteiger charge is -2.54. The molecular weight excluding hydrogens is 358 g/mol. The first-order chi connectivity index (χ1) is 13.5. The average Bonchev–Trinajstić information content (AvgIpc) is 3.04. The Balaban J connectivity index is 1.71. The number of hydrogen-bond donors (Lipinski definition) is 1. The molecule has 1 N–H and O–H groups in total. The quantitative estimate of drug-likeness (QED) is 0.418. The topological polar surface area (TPSA) is 60.4 Å². The largest absolute Gasteiger partial charge is 0.482 e. The number of benzene rings is 1. The van der Waals surface area contributed by atoms with Crippen LogP contribution >= 0.6 is 0 Å². The Morgan fingerprint density at radius 1 is 1.43 bits per heavy atom. The van der Waals surface area contributed by atoms with E-state index < -0.39 is 6.10 Å². The Kier molecular flexibility index (Phi) is 5.40. The predicted octanol–water partition coefficient (Wildman–Crippen LogP) is 2.13. The minimum atomic E-state index is -0.726. The number of rotatable bonds is 8. The highest BCUT2D eigenvalue weighted by Crippen LogP contribution is 2.60. The van der Waals surface area contributed by atoms with Gasteiger partial charge >= 0.3 is 0 Å². The maximum absolute atomic E-state index is 10.8. The minimum Gasteiger partial charge on any atom is -0.482 e. The Bertz CT molecular complexity index is 738. The van der Waals surface area contributed by atoms with Crippen LogP contribution in [-0.4, -0.2) is 69.0 Å². The molecule has 154 valence electrons. The van der Waals surface area contributed by atoms with Crippen LogP contribution in [0.4, 0.5) is 0 Å². The zero-order valence-corrected chi connectivity index (χ0v) is 17.0. The first-order valence-electron chi connectivity index (χ1n) is 10.1. The smallest absolute Gasteiger partial charge is 0.189 e. The summed E-state index contributed by atoms with van der Waals surface area (Å²) < 4.78 is 22.8. The lowest BCUT2D eigenvalue weighted by Crippen LogP contribution is -2.62. The van der Waals surface area contributed by atoms with E-state index in [9.17, 15) is 5.11 Å². The fraction of sp³-hybridized carbons (Fsp3) is 0.636. The van der Waals surface area contributed by atoms with Gasteiger partial charge in [0.05, 0.1) is 13.2 Å². The van der Waals surface area contributed by atoms with Crippen molar-refractivity contribution < 1.29 is 24.1 Å². The molecule has 0 amide bonds. The zero-order chi connectivity index (χ0) is 19.9. The lowest BCUT2D eigenvalue weighted by atomic mass is 9.55. The Labute approximate surface area is 167 Å². The van der Waals surface area contributed by atoms with Gasteiger partial charge in [-0.1, -0.05) is 19.1 Å². The van der Waals surface area contributed by atoms with Crippen molar-refractivity contribution >= 4 is 0 Å². The molecule has 0 radical (unpaired) electrons. The molecule has 0 aromatic heterocycles. The highest BCUT2D eigenvalue weighted by atomic mass is 16.7. The second-order valence-corrected chi connectivity index (χ2v) is 8.19. The van der Waals surface area contributed by atoms with Gasteiger partial charge in [-0.3, -0.25) is 0 Å². The number of methoxy groups -OCH3 is 1. The summed E-state index contributed by atoms with van der Waals surface area (Å²) >= 11 is 0. The number of likely N-dealkylation sites (tertiary alicyclic amines) is 1. The van der Waals surface area contributed by atoms with Gasteiger partial charge in [0.2, 0.25) is 0 Å². The summed E-state index contributed by atoms with van der Waals surface area (Å²) in [5.74, 6) is 1.82. The molecular formula is C22H31NO5. The summed E-state index contributed by atoms with van der Waals surface area (Å²) in [4.78, 5) is 2.45. The number of aliphatic hydroxyl groups excluding tert-OH is 1. The molecule has 2 bridgehead atoms. The molecule has 2 heterocycles. The second kappa shape index (κ2) is 7.67. The number of ether oxygens (including phenoxy) is 4. The third-order valence-electron chi connectivity index (χ3n) is 6.97. The highest BCUT2D eigenvalue weighted by Gasteiger charge is 2.62. The molecule has 1 spiro atoms. The van der Waals surface area contributed by atoms with Crippen molar-refractivity contribution in [3.8, 4) is 11.5 Å². The standard InChI is InChI=1S/C22H31NO5/c1-5-17(24)21-22-8-9-23(3)16(14(22)2)12-15-6-7-18(20(28-21)19(15)22)27-13-26-11-10-25-4/h5-7,14,16-17,21,24H,1,8-13H2,2-4H3/t14?,16-,17+,21+,22+/m1/s1. The molecule has 1 aromatic rings. The number of likely N-dealkylation sites (N-methyl/N-ethyl adjacent to an activating group) is 1. The number of fused-ring (bicyclic) bond motifs is 1. The van der Waals surface area contributed by atoms with Crippen LogP contribution in [0.5, 0.6) is 11.5 Å². The molecule has 6 heteroatoms. The molecule has 1 aromatic carbocycles. The van der Waals surface area contributed by atoms with Crippen LogP contribution in [-0.2, 0) is 21.3 Å². The second-order valence-electron chi connectivity index (χ2n) is 8.19. The van der Waals surface area contributed by atoms with E-state index in [1.54, 1.807) is 13.2 Å². The van der Waals surface area contributed by atoms with Crippen molar-refractivity contribution in [3.63, 3.8) is 0 Å². The maximum atomic E-state index is 10.8. The van der Waals surface area contributed by atoms with E-state index in [1.807, 2.05) is 6.07 Å². The molecule has 4 rings (SSSR count). The molecule has 1 fully saturated rings. The number of piperidine rings is 1. The van der Waals surface area contributed by atoms with Crippen molar-refractivity contribution in [1.82, 2.24) is 4.90 Å². The van der Waals surface area contributed by atoms with E-state index in [2.05, 4.69) is 31.5 Å². The third kappa shape index (κ3) is 2.86. The fourth-order valence-corrected chi connectivity index (χ4v) is 5.49. The Morgan fingerprint density at radius 2 is 2.25 bits per heavy atom. The van der Waals surface area contributed by atoms with Gasteiger partial charge in [0.25, 0.3) is 0 Å². The van der Waals surface area contributed by atoms with E-state index >= 15 is 0 Å². The van der Waals surface area contributed by atoms with Gasteiger partial charge in [-0.05, 0) is 44.0 Å². The molecule has 1 saturated heterocycles. The minimum absolute atomic E-state index is 0.140. The maximum Gasteiger partial charge on any atom is 0.189 e.